The molecule has 1 aliphatic heterocycles. The molecule has 36 heavy (non-hydrogen) atoms. The molecule has 1 saturated heterocycles. The molecule has 0 amide bonds. The van der Waals surface area contributed by atoms with Crippen LogP contribution in [0.2, 0.25) is 0 Å². The molecule has 2 aliphatic rings. The quantitative estimate of drug-likeness (QED) is 0.401. The third kappa shape index (κ3) is 4.65. The molecule has 4 aromatic rings. The smallest absolute Gasteiger partial charge is 0.260 e. The van der Waals surface area contributed by atoms with Gasteiger partial charge in [0.2, 0.25) is 0 Å². The Hall–Kier alpha value is -3.17. The molecule has 6 rings (SSSR count). The molecule has 0 unspecified atom stereocenters. The molecule has 1 aromatic carbocycles. The van der Waals surface area contributed by atoms with Crippen LogP contribution in [0.1, 0.15) is 30.5 Å². The second kappa shape index (κ2) is 9.37. The highest BCUT2D eigenvalue weighted by Crippen LogP contribution is 2.26. The molecule has 0 bridgehead atoms. The molecule has 9 heteroatoms. The molecule has 188 valence electrons. The number of nitrogens with one attached hydrogen (secondary N) is 2. The molecule has 4 heterocycles. The second-order valence-corrected chi connectivity index (χ2v) is 12.5. The summed E-state index contributed by atoms with van der Waals surface area (Å²) >= 11 is 0. The van der Waals surface area contributed by atoms with Crippen molar-refractivity contribution >= 4 is 37.2 Å². The Morgan fingerprint density at radius 2 is 1.89 bits per heavy atom. The van der Waals surface area contributed by atoms with Crippen molar-refractivity contribution in [2.45, 2.75) is 32.4 Å². The van der Waals surface area contributed by atoms with Gasteiger partial charge in [0.1, 0.15) is 0 Å². The number of aromatic nitrogens is 3. The van der Waals surface area contributed by atoms with Gasteiger partial charge >= 0.3 is 0 Å². The summed E-state index contributed by atoms with van der Waals surface area (Å²) in [6.07, 6.45) is 9.21. The largest absolute Gasteiger partial charge is 0.368 e. The van der Waals surface area contributed by atoms with Gasteiger partial charge in [-0.2, -0.15) is 0 Å². The van der Waals surface area contributed by atoms with Crippen molar-refractivity contribution in [3.8, 4) is 0 Å². The number of pyridine rings is 2. The molecular weight excluding hydrogens is 474 g/mol. The predicted molar refractivity (Wildman–Crippen MR) is 143 cm³/mol. The molecule has 1 saturated carbocycles. The summed E-state index contributed by atoms with van der Waals surface area (Å²) in [5.74, 6) is 1.09. The van der Waals surface area contributed by atoms with Gasteiger partial charge in [0.15, 0.2) is 9.84 Å². The monoisotopic (exact) mass is 505 g/mol. The first-order valence-electron chi connectivity index (χ1n) is 12.7. The minimum Gasteiger partial charge on any atom is -0.368 e. The first kappa shape index (κ1) is 23.2. The molecule has 0 atom stereocenters. The standard InChI is InChI=1S/C27H31N5O3S/c33-27-24-16-29-17-26(31-8-10-36(34,35)11-9-31)23(24)6-7-32(27)18-20-4-5-21-13-22(30-25(21)12-20)15-28-14-19-2-1-3-19/h4-7,12-13,16-17,19,28,30H,1-3,8-11,14-15,18H2. The number of H-pyrrole nitrogens is 1. The van der Waals surface area contributed by atoms with Crippen molar-refractivity contribution < 1.29 is 8.42 Å². The maximum atomic E-state index is 13.3. The summed E-state index contributed by atoms with van der Waals surface area (Å²) < 4.78 is 25.4. The van der Waals surface area contributed by atoms with Crippen LogP contribution < -0.4 is 15.8 Å². The van der Waals surface area contributed by atoms with Crippen LogP contribution in [0.25, 0.3) is 21.7 Å². The van der Waals surface area contributed by atoms with Crippen molar-refractivity contribution in [1.29, 1.82) is 0 Å². The van der Waals surface area contributed by atoms with E-state index in [1.807, 2.05) is 17.2 Å². The zero-order valence-corrected chi connectivity index (χ0v) is 21.1. The third-order valence-electron chi connectivity index (χ3n) is 7.63. The summed E-state index contributed by atoms with van der Waals surface area (Å²) in [6, 6.07) is 10.4. The van der Waals surface area contributed by atoms with Crippen LogP contribution in [0.3, 0.4) is 0 Å². The van der Waals surface area contributed by atoms with Crippen molar-refractivity contribution in [2.75, 3.05) is 36.0 Å². The third-order valence-corrected chi connectivity index (χ3v) is 9.24. The Balaban J connectivity index is 1.21. The van der Waals surface area contributed by atoms with Crippen molar-refractivity contribution in [3.05, 3.63) is 70.5 Å². The highest BCUT2D eigenvalue weighted by atomic mass is 32.2. The summed E-state index contributed by atoms with van der Waals surface area (Å²) in [4.78, 5) is 23.2. The van der Waals surface area contributed by atoms with E-state index in [1.165, 1.54) is 30.3 Å². The van der Waals surface area contributed by atoms with Gasteiger partial charge in [-0.3, -0.25) is 9.78 Å². The minimum absolute atomic E-state index is 0.0982. The van der Waals surface area contributed by atoms with Gasteiger partial charge in [0.25, 0.3) is 5.56 Å². The molecule has 8 nitrogen and oxygen atoms in total. The van der Waals surface area contributed by atoms with Crippen LogP contribution in [-0.2, 0) is 22.9 Å². The summed E-state index contributed by atoms with van der Waals surface area (Å²) in [7, 11) is -2.98. The fourth-order valence-corrected chi connectivity index (χ4v) is 6.46. The van der Waals surface area contributed by atoms with E-state index in [1.54, 1.807) is 17.0 Å². The minimum atomic E-state index is -2.98. The SMILES string of the molecule is O=c1c2cncc(N3CCS(=O)(=O)CC3)c2ccn1Cc1ccc2cc(CNCC3CCC3)[nH]c2c1. The Morgan fingerprint density at radius 3 is 2.67 bits per heavy atom. The molecule has 3 aromatic heterocycles. The van der Waals surface area contributed by atoms with E-state index in [-0.39, 0.29) is 17.1 Å². The van der Waals surface area contributed by atoms with Crippen molar-refractivity contribution in [3.63, 3.8) is 0 Å². The number of hydrogen-bond donors (Lipinski definition) is 2. The lowest BCUT2D eigenvalue weighted by atomic mass is 9.85. The number of rotatable bonds is 7. The first-order chi connectivity index (χ1) is 17.4. The second-order valence-electron chi connectivity index (χ2n) is 10.2. The zero-order chi connectivity index (χ0) is 24.7. The maximum absolute atomic E-state index is 13.3. The topological polar surface area (TPSA) is 100 Å². The number of fused-ring (bicyclic) bond motifs is 2. The van der Waals surface area contributed by atoms with Gasteiger partial charge in [-0.1, -0.05) is 18.6 Å². The lowest BCUT2D eigenvalue weighted by Gasteiger charge is -2.29. The van der Waals surface area contributed by atoms with Gasteiger partial charge in [-0.05, 0) is 54.5 Å². The Labute approximate surface area is 210 Å². The molecular formula is C27H31N5O3S. The average molecular weight is 506 g/mol. The maximum Gasteiger partial charge on any atom is 0.260 e. The number of nitrogens with zero attached hydrogens (tertiary/aromatic N) is 3. The Kier molecular flexibility index (Phi) is 6.05. The van der Waals surface area contributed by atoms with Crippen molar-refractivity contribution in [2.24, 2.45) is 5.92 Å². The summed E-state index contributed by atoms with van der Waals surface area (Å²) in [5, 5.41) is 6.08. The van der Waals surface area contributed by atoms with Crippen LogP contribution >= 0.6 is 0 Å². The first-order valence-corrected chi connectivity index (χ1v) is 14.5. The number of anilines is 1. The van der Waals surface area contributed by atoms with Gasteiger partial charge in [-0.15, -0.1) is 0 Å². The lowest BCUT2D eigenvalue weighted by Crippen LogP contribution is -2.40. The van der Waals surface area contributed by atoms with E-state index < -0.39 is 9.84 Å². The fraction of sp³-hybridized carbons (Fsp3) is 0.407. The molecule has 2 N–H and O–H groups in total. The van der Waals surface area contributed by atoms with Crippen LogP contribution in [0, 0.1) is 5.92 Å². The van der Waals surface area contributed by atoms with Crippen LogP contribution in [0.5, 0.6) is 0 Å². The number of sulfone groups is 1. The fourth-order valence-electron chi connectivity index (χ4n) is 5.25. The van der Waals surface area contributed by atoms with E-state index in [4.69, 9.17) is 0 Å². The zero-order valence-electron chi connectivity index (χ0n) is 20.2. The van der Waals surface area contributed by atoms with E-state index >= 15 is 0 Å². The molecule has 0 spiro atoms. The highest BCUT2D eigenvalue weighted by molar-refractivity contribution is 7.91. The van der Waals surface area contributed by atoms with Crippen LogP contribution in [-0.4, -0.2) is 54.1 Å². The van der Waals surface area contributed by atoms with E-state index in [2.05, 4.69) is 39.6 Å². The van der Waals surface area contributed by atoms with Gasteiger partial charge in [-0.25, -0.2) is 8.42 Å². The number of benzene rings is 1. The average Bonchev–Trinajstić information content (AvgIpc) is 3.24. The molecule has 2 fully saturated rings. The van der Waals surface area contributed by atoms with Gasteiger partial charge in [0.05, 0.1) is 35.3 Å². The normalized spacial score (nSPS) is 18.1. The van der Waals surface area contributed by atoms with Gasteiger partial charge < -0.3 is 19.8 Å². The Morgan fingerprint density at radius 1 is 1.06 bits per heavy atom. The van der Waals surface area contributed by atoms with Crippen molar-refractivity contribution in [1.82, 2.24) is 19.9 Å². The van der Waals surface area contributed by atoms with E-state index in [9.17, 15) is 13.2 Å². The summed E-state index contributed by atoms with van der Waals surface area (Å²) in [5.41, 5.74) is 4.02. The molecule has 1 aliphatic carbocycles. The number of aromatic amines is 1. The predicted octanol–water partition coefficient (Wildman–Crippen LogP) is 3.05. The van der Waals surface area contributed by atoms with Crippen LogP contribution in [0.4, 0.5) is 5.69 Å². The molecule has 0 radical (unpaired) electrons. The number of hydrogen-bond acceptors (Lipinski definition) is 6. The van der Waals surface area contributed by atoms with E-state index in [0.717, 1.165) is 41.2 Å². The lowest BCUT2D eigenvalue weighted by molar-refractivity contribution is 0.301. The van der Waals surface area contributed by atoms with E-state index in [0.29, 0.717) is 25.0 Å². The Bertz CT molecular complexity index is 1570. The van der Waals surface area contributed by atoms with Gasteiger partial charge in [0, 0.05) is 48.6 Å². The van der Waals surface area contributed by atoms with Crippen LogP contribution in [0.15, 0.2) is 53.7 Å². The highest BCUT2D eigenvalue weighted by Gasteiger charge is 2.23. The summed E-state index contributed by atoms with van der Waals surface area (Å²) in [6.45, 7) is 3.22.